The molecule has 4 saturated carbocycles. The van der Waals surface area contributed by atoms with E-state index in [2.05, 4.69) is 45.5 Å². The smallest absolute Gasteiger partial charge is 0.175 e. The third kappa shape index (κ3) is 4.06. The van der Waals surface area contributed by atoms with Gasteiger partial charge in [-0.3, -0.25) is 0 Å². The molecular weight excluding hydrogens is 426 g/mol. The molecule has 1 N–H and O–H groups in total. The molecule has 3 nitrogen and oxygen atoms in total. The van der Waals surface area contributed by atoms with Crippen LogP contribution in [0.1, 0.15) is 43.2 Å². The zero-order chi connectivity index (χ0) is 19.8. The van der Waals surface area contributed by atoms with Crippen LogP contribution >= 0.6 is 15.9 Å². The van der Waals surface area contributed by atoms with Gasteiger partial charge >= 0.3 is 0 Å². The molecule has 4 heteroatoms. The quantitative estimate of drug-likeness (QED) is 0.559. The Labute approximate surface area is 182 Å². The molecule has 2 aromatic carbocycles. The Morgan fingerprint density at radius 2 is 1.62 bits per heavy atom. The van der Waals surface area contributed by atoms with Crippen molar-refractivity contribution in [1.29, 1.82) is 0 Å². The van der Waals surface area contributed by atoms with Crippen molar-refractivity contribution in [3.05, 3.63) is 58.1 Å². The number of halogens is 1. The third-order valence-electron chi connectivity index (χ3n) is 7.28. The van der Waals surface area contributed by atoms with E-state index in [-0.39, 0.29) is 0 Å². The highest BCUT2D eigenvalue weighted by Gasteiger charge is 2.47. The first kappa shape index (κ1) is 19.4. The Morgan fingerprint density at radius 3 is 2.28 bits per heavy atom. The number of nitrogens with one attached hydrogen (secondary N) is 1. The zero-order valence-electron chi connectivity index (χ0n) is 17.1. The molecule has 0 atom stereocenters. The SMILES string of the molecule is COc1cc(CNC2C3CC4CC(C3)CC2C4)cc(Br)c1OCc1ccccc1. The van der Waals surface area contributed by atoms with Gasteiger partial charge in [0.15, 0.2) is 11.5 Å². The van der Waals surface area contributed by atoms with Gasteiger partial charge in [0, 0.05) is 12.6 Å². The molecule has 154 valence electrons. The van der Waals surface area contributed by atoms with Gasteiger partial charge in [0.2, 0.25) is 0 Å². The second-order valence-electron chi connectivity index (χ2n) is 9.22. The fourth-order valence-corrected chi connectivity index (χ4v) is 6.84. The summed E-state index contributed by atoms with van der Waals surface area (Å²) in [6, 6.07) is 15.2. The largest absolute Gasteiger partial charge is 0.493 e. The van der Waals surface area contributed by atoms with Gasteiger partial charge < -0.3 is 14.8 Å². The Bertz CT molecular complexity index is 825. The Kier molecular flexibility index (Phi) is 5.57. The highest BCUT2D eigenvalue weighted by molar-refractivity contribution is 9.10. The van der Waals surface area contributed by atoms with Crippen molar-refractivity contribution in [2.75, 3.05) is 7.11 Å². The normalized spacial score (nSPS) is 29.8. The number of ether oxygens (including phenoxy) is 2. The molecule has 4 aliphatic rings. The molecule has 0 amide bonds. The highest BCUT2D eigenvalue weighted by atomic mass is 79.9. The summed E-state index contributed by atoms with van der Waals surface area (Å²) in [5, 5.41) is 3.92. The zero-order valence-corrected chi connectivity index (χ0v) is 18.7. The Morgan fingerprint density at radius 1 is 0.931 bits per heavy atom. The van der Waals surface area contributed by atoms with Gasteiger partial charge in [0.1, 0.15) is 6.61 Å². The predicted octanol–water partition coefficient (Wildman–Crippen LogP) is 5.95. The molecule has 4 bridgehead atoms. The first-order valence-electron chi connectivity index (χ1n) is 11.0. The molecule has 2 aromatic rings. The van der Waals surface area contributed by atoms with Crippen LogP contribution in [0.3, 0.4) is 0 Å². The molecule has 0 aromatic heterocycles. The molecule has 0 spiro atoms. The third-order valence-corrected chi connectivity index (χ3v) is 7.87. The van der Waals surface area contributed by atoms with E-state index in [1.807, 2.05) is 18.2 Å². The van der Waals surface area contributed by atoms with Crippen LogP contribution in [0, 0.1) is 23.7 Å². The van der Waals surface area contributed by atoms with Crippen molar-refractivity contribution >= 4 is 15.9 Å². The summed E-state index contributed by atoms with van der Waals surface area (Å²) in [6.07, 6.45) is 7.30. The maximum atomic E-state index is 6.08. The van der Waals surface area contributed by atoms with E-state index in [1.165, 1.54) is 37.7 Å². The van der Waals surface area contributed by atoms with Gasteiger partial charge in [-0.15, -0.1) is 0 Å². The molecule has 0 unspecified atom stereocenters. The van der Waals surface area contributed by atoms with Crippen molar-refractivity contribution in [2.24, 2.45) is 23.7 Å². The van der Waals surface area contributed by atoms with Crippen LogP contribution in [0.2, 0.25) is 0 Å². The molecule has 29 heavy (non-hydrogen) atoms. The van der Waals surface area contributed by atoms with Crippen LogP contribution < -0.4 is 14.8 Å². The van der Waals surface area contributed by atoms with E-state index >= 15 is 0 Å². The van der Waals surface area contributed by atoms with E-state index in [9.17, 15) is 0 Å². The topological polar surface area (TPSA) is 30.5 Å². The van der Waals surface area contributed by atoms with Gasteiger partial charge in [-0.1, -0.05) is 30.3 Å². The van der Waals surface area contributed by atoms with Gasteiger partial charge in [-0.05, 0) is 95.0 Å². The van der Waals surface area contributed by atoms with Crippen LogP contribution in [0.25, 0.3) is 0 Å². The van der Waals surface area contributed by atoms with Crippen molar-refractivity contribution in [2.45, 2.75) is 51.3 Å². The summed E-state index contributed by atoms with van der Waals surface area (Å²) in [7, 11) is 1.71. The first-order chi connectivity index (χ1) is 14.2. The number of hydrogen-bond acceptors (Lipinski definition) is 3. The number of rotatable bonds is 7. The monoisotopic (exact) mass is 455 g/mol. The molecule has 6 rings (SSSR count). The summed E-state index contributed by atoms with van der Waals surface area (Å²) < 4.78 is 12.7. The van der Waals surface area contributed by atoms with Crippen LogP contribution in [0.15, 0.2) is 46.9 Å². The van der Waals surface area contributed by atoms with Gasteiger partial charge in [-0.25, -0.2) is 0 Å². The summed E-state index contributed by atoms with van der Waals surface area (Å²) in [5.74, 6) is 5.39. The summed E-state index contributed by atoms with van der Waals surface area (Å²) in [6.45, 7) is 1.42. The van der Waals surface area contributed by atoms with Gasteiger partial charge in [0.05, 0.1) is 11.6 Å². The summed E-state index contributed by atoms with van der Waals surface area (Å²) in [5.41, 5.74) is 2.39. The number of hydrogen-bond donors (Lipinski definition) is 1. The van der Waals surface area contributed by atoms with Crippen molar-refractivity contribution < 1.29 is 9.47 Å². The van der Waals surface area contributed by atoms with Crippen molar-refractivity contribution in [1.82, 2.24) is 5.32 Å². The van der Waals surface area contributed by atoms with E-state index in [1.54, 1.807) is 7.11 Å². The standard InChI is InChI=1S/C25H30BrNO2/c1-28-23-13-19(12-22(26)25(23)29-15-16-5-3-2-4-6-16)14-27-24-20-8-17-7-18(10-20)11-21(24)9-17/h2-6,12-13,17-18,20-21,24,27H,7-11,14-15H2,1H3. The number of methoxy groups -OCH3 is 1. The summed E-state index contributed by atoms with van der Waals surface area (Å²) >= 11 is 3.71. The van der Waals surface area contributed by atoms with Crippen LogP contribution in [0.4, 0.5) is 0 Å². The Hall–Kier alpha value is -1.52. The average molecular weight is 456 g/mol. The fourth-order valence-electron chi connectivity index (χ4n) is 6.24. The van der Waals surface area contributed by atoms with Crippen molar-refractivity contribution in [3.63, 3.8) is 0 Å². The minimum absolute atomic E-state index is 0.529. The lowest BCUT2D eigenvalue weighted by atomic mass is 9.54. The molecular formula is C25H30BrNO2. The lowest BCUT2D eigenvalue weighted by Crippen LogP contribution is -2.54. The first-order valence-corrected chi connectivity index (χ1v) is 11.8. The summed E-state index contributed by atoms with van der Waals surface area (Å²) in [4.78, 5) is 0. The average Bonchev–Trinajstić information content (AvgIpc) is 2.72. The molecule has 0 aliphatic heterocycles. The second-order valence-corrected chi connectivity index (χ2v) is 10.1. The van der Waals surface area contributed by atoms with Gasteiger partial charge in [-0.2, -0.15) is 0 Å². The van der Waals surface area contributed by atoms with Crippen LogP contribution in [0.5, 0.6) is 11.5 Å². The minimum atomic E-state index is 0.529. The van der Waals surface area contributed by atoms with E-state index in [0.29, 0.717) is 12.6 Å². The highest BCUT2D eigenvalue weighted by Crippen LogP contribution is 2.53. The maximum Gasteiger partial charge on any atom is 0.175 e. The van der Waals surface area contributed by atoms with Crippen molar-refractivity contribution in [3.8, 4) is 11.5 Å². The maximum absolute atomic E-state index is 6.08. The van der Waals surface area contributed by atoms with E-state index < -0.39 is 0 Å². The van der Waals surface area contributed by atoms with Crippen LogP contribution in [-0.4, -0.2) is 13.2 Å². The van der Waals surface area contributed by atoms with Crippen LogP contribution in [-0.2, 0) is 13.2 Å². The lowest BCUT2D eigenvalue weighted by molar-refractivity contribution is -0.0142. The molecule has 0 heterocycles. The minimum Gasteiger partial charge on any atom is -0.493 e. The number of benzene rings is 2. The Balaban J connectivity index is 1.26. The molecule has 4 aliphatic carbocycles. The molecule has 0 saturated heterocycles. The fraction of sp³-hybridized carbons (Fsp3) is 0.520. The van der Waals surface area contributed by atoms with E-state index in [4.69, 9.17) is 9.47 Å². The second kappa shape index (κ2) is 8.31. The lowest BCUT2D eigenvalue weighted by Gasteiger charge is -2.54. The van der Waals surface area contributed by atoms with E-state index in [0.717, 1.165) is 51.8 Å². The predicted molar refractivity (Wildman–Crippen MR) is 119 cm³/mol. The van der Waals surface area contributed by atoms with Gasteiger partial charge in [0.25, 0.3) is 0 Å². The molecule has 4 fully saturated rings. The molecule has 0 radical (unpaired) electrons.